The molecule has 5 heteroatoms. The SMILES string of the molecule is COc1cccc(CC(=O)N2CCN(C(=O)c3ccc(C)cc3)CC2)c1. The summed E-state index contributed by atoms with van der Waals surface area (Å²) in [5, 5.41) is 0. The van der Waals surface area contributed by atoms with Gasteiger partial charge in [-0.05, 0) is 36.8 Å². The molecular weight excluding hydrogens is 328 g/mol. The summed E-state index contributed by atoms with van der Waals surface area (Å²) in [6, 6.07) is 15.2. The second-order valence-corrected chi connectivity index (χ2v) is 6.57. The van der Waals surface area contributed by atoms with Crippen LogP contribution in [0.5, 0.6) is 5.75 Å². The van der Waals surface area contributed by atoms with Crippen molar-refractivity contribution in [2.75, 3.05) is 33.3 Å². The van der Waals surface area contributed by atoms with Crippen LogP contribution < -0.4 is 4.74 Å². The van der Waals surface area contributed by atoms with Gasteiger partial charge in [-0.25, -0.2) is 0 Å². The second kappa shape index (κ2) is 8.04. The maximum atomic E-state index is 12.6. The van der Waals surface area contributed by atoms with Crippen LogP contribution >= 0.6 is 0 Å². The number of amides is 2. The molecule has 2 aromatic carbocycles. The topological polar surface area (TPSA) is 49.9 Å². The molecule has 26 heavy (non-hydrogen) atoms. The van der Waals surface area contributed by atoms with Crippen molar-refractivity contribution in [3.05, 3.63) is 65.2 Å². The van der Waals surface area contributed by atoms with Crippen molar-refractivity contribution in [3.8, 4) is 5.75 Å². The fourth-order valence-corrected chi connectivity index (χ4v) is 3.11. The number of methoxy groups -OCH3 is 1. The molecule has 136 valence electrons. The molecule has 0 N–H and O–H groups in total. The zero-order valence-electron chi connectivity index (χ0n) is 15.3. The van der Waals surface area contributed by atoms with E-state index in [2.05, 4.69) is 0 Å². The molecule has 0 saturated carbocycles. The molecule has 2 aromatic rings. The van der Waals surface area contributed by atoms with Gasteiger partial charge in [0.15, 0.2) is 0 Å². The number of piperazine rings is 1. The monoisotopic (exact) mass is 352 g/mol. The Hall–Kier alpha value is -2.82. The third-order valence-electron chi connectivity index (χ3n) is 4.71. The molecular formula is C21H24N2O3. The van der Waals surface area contributed by atoms with Crippen LogP contribution in [0.4, 0.5) is 0 Å². The number of benzene rings is 2. The van der Waals surface area contributed by atoms with Gasteiger partial charge in [-0.15, -0.1) is 0 Å². The first-order valence-corrected chi connectivity index (χ1v) is 8.83. The molecule has 1 saturated heterocycles. The quantitative estimate of drug-likeness (QED) is 0.850. The van der Waals surface area contributed by atoms with Gasteiger partial charge in [0.1, 0.15) is 5.75 Å². The Balaban J connectivity index is 1.55. The van der Waals surface area contributed by atoms with Gasteiger partial charge in [0.2, 0.25) is 5.91 Å². The highest BCUT2D eigenvalue weighted by Crippen LogP contribution is 2.15. The fraction of sp³-hybridized carbons (Fsp3) is 0.333. The highest BCUT2D eigenvalue weighted by Gasteiger charge is 2.24. The van der Waals surface area contributed by atoms with Gasteiger partial charge < -0.3 is 14.5 Å². The van der Waals surface area contributed by atoms with E-state index in [0.29, 0.717) is 38.2 Å². The molecule has 0 aromatic heterocycles. The Morgan fingerprint density at radius 3 is 2.27 bits per heavy atom. The maximum absolute atomic E-state index is 12.6. The lowest BCUT2D eigenvalue weighted by Crippen LogP contribution is -2.51. The first kappa shape index (κ1) is 18.0. The van der Waals surface area contributed by atoms with E-state index in [-0.39, 0.29) is 11.8 Å². The summed E-state index contributed by atoms with van der Waals surface area (Å²) in [4.78, 5) is 28.7. The number of nitrogens with zero attached hydrogens (tertiary/aromatic N) is 2. The molecule has 0 aliphatic carbocycles. The summed E-state index contributed by atoms with van der Waals surface area (Å²) in [5.41, 5.74) is 2.77. The van der Waals surface area contributed by atoms with Gasteiger partial charge in [-0.2, -0.15) is 0 Å². The lowest BCUT2D eigenvalue weighted by Gasteiger charge is -2.35. The number of ether oxygens (including phenoxy) is 1. The highest BCUT2D eigenvalue weighted by atomic mass is 16.5. The van der Waals surface area contributed by atoms with Crippen LogP contribution in [-0.4, -0.2) is 54.9 Å². The average Bonchev–Trinajstić information content (AvgIpc) is 2.68. The van der Waals surface area contributed by atoms with E-state index in [0.717, 1.165) is 16.9 Å². The highest BCUT2D eigenvalue weighted by molar-refractivity contribution is 5.94. The number of carbonyl (C=O) groups is 2. The third-order valence-corrected chi connectivity index (χ3v) is 4.71. The van der Waals surface area contributed by atoms with Crippen LogP contribution in [0, 0.1) is 6.92 Å². The molecule has 5 nitrogen and oxygen atoms in total. The molecule has 2 amide bonds. The Labute approximate surface area is 154 Å². The summed E-state index contributed by atoms with van der Waals surface area (Å²) in [7, 11) is 1.62. The van der Waals surface area contributed by atoms with Crippen molar-refractivity contribution in [2.24, 2.45) is 0 Å². The standard InChI is InChI=1S/C21H24N2O3/c1-16-6-8-18(9-7-16)21(25)23-12-10-22(11-13-23)20(24)15-17-4-3-5-19(14-17)26-2/h3-9,14H,10-13,15H2,1-2H3. The summed E-state index contributed by atoms with van der Waals surface area (Å²) in [6.07, 6.45) is 0.350. The predicted molar refractivity (Wildman–Crippen MR) is 100 cm³/mol. The molecule has 1 aliphatic heterocycles. The Morgan fingerprint density at radius 2 is 1.62 bits per heavy atom. The first-order valence-electron chi connectivity index (χ1n) is 8.83. The first-order chi connectivity index (χ1) is 12.6. The molecule has 0 bridgehead atoms. The van der Waals surface area contributed by atoms with Crippen LogP contribution in [0.25, 0.3) is 0 Å². The molecule has 1 fully saturated rings. The number of hydrogen-bond donors (Lipinski definition) is 0. The van der Waals surface area contributed by atoms with Gasteiger partial charge in [0.05, 0.1) is 13.5 Å². The lowest BCUT2D eigenvalue weighted by molar-refractivity contribution is -0.131. The minimum absolute atomic E-state index is 0.0323. The normalized spacial score (nSPS) is 14.2. The Bertz CT molecular complexity index is 778. The number of rotatable bonds is 4. The Kier molecular flexibility index (Phi) is 5.56. The zero-order chi connectivity index (χ0) is 18.5. The summed E-state index contributed by atoms with van der Waals surface area (Å²) in [6.45, 7) is 4.27. The zero-order valence-corrected chi connectivity index (χ0v) is 15.3. The van der Waals surface area contributed by atoms with Crippen molar-refractivity contribution < 1.29 is 14.3 Å². The van der Waals surface area contributed by atoms with Crippen molar-refractivity contribution >= 4 is 11.8 Å². The summed E-state index contributed by atoms with van der Waals surface area (Å²) < 4.78 is 5.20. The van der Waals surface area contributed by atoms with Gasteiger partial charge in [0, 0.05) is 31.7 Å². The molecule has 1 heterocycles. The van der Waals surface area contributed by atoms with E-state index in [1.807, 2.05) is 65.3 Å². The largest absolute Gasteiger partial charge is 0.497 e. The smallest absolute Gasteiger partial charge is 0.253 e. The number of aryl methyl sites for hydroxylation is 1. The van der Waals surface area contributed by atoms with Crippen LogP contribution in [0.2, 0.25) is 0 Å². The molecule has 0 unspecified atom stereocenters. The van der Waals surface area contributed by atoms with Gasteiger partial charge in [0.25, 0.3) is 5.91 Å². The molecule has 0 radical (unpaired) electrons. The van der Waals surface area contributed by atoms with Crippen molar-refractivity contribution in [1.29, 1.82) is 0 Å². The predicted octanol–water partition coefficient (Wildman–Crippen LogP) is 2.53. The van der Waals surface area contributed by atoms with Gasteiger partial charge in [-0.1, -0.05) is 29.8 Å². The Morgan fingerprint density at radius 1 is 0.962 bits per heavy atom. The van der Waals surface area contributed by atoms with Crippen LogP contribution in [0.15, 0.2) is 48.5 Å². The van der Waals surface area contributed by atoms with Gasteiger partial charge >= 0.3 is 0 Å². The van der Waals surface area contributed by atoms with Crippen molar-refractivity contribution in [3.63, 3.8) is 0 Å². The van der Waals surface area contributed by atoms with E-state index in [1.165, 1.54) is 0 Å². The fourth-order valence-electron chi connectivity index (χ4n) is 3.11. The third kappa shape index (κ3) is 4.23. The van der Waals surface area contributed by atoms with E-state index >= 15 is 0 Å². The minimum Gasteiger partial charge on any atom is -0.497 e. The van der Waals surface area contributed by atoms with Gasteiger partial charge in [-0.3, -0.25) is 9.59 Å². The van der Waals surface area contributed by atoms with Crippen molar-refractivity contribution in [1.82, 2.24) is 9.80 Å². The molecule has 3 rings (SSSR count). The van der Waals surface area contributed by atoms with E-state index < -0.39 is 0 Å². The van der Waals surface area contributed by atoms with Crippen LogP contribution in [0.3, 0.4) is 0 Å². The maximum Gasteiger partial charge on any atom is 0.253 e. The van der Waals surface area contributed by atoms with Crippen molar-refractivity contribution in [2.45, 2.75) is 13.3 Å². The molecule has 0 atom stereocenters. The molecule has 1 aliphatic rings. The van der Waals surface area contributed by atoms with E-state index in [1.54, 1.807) is 7.11 Å². The lowest BCUT2D eigenvalue weighted by atomic mass is 10.1. The number of carbonyl (C=O) groups excluding carboxylic acids is 2. The second-order valence-electron chi connectivity index (χ2n) is 6.57. The summed E-state index contributed by atoms with van der Waals surface area (Å²) in [5.74, 6) is 0.870. The van der Waals surface area contributed by atoms with Crippen LogP contribution in [0.1, 0.15) is 21.5 Å². The van der Waals surface area contributed by atoms with Crippen LogP contribution in [-0.2, 0) is 11.2 Å². The average molecular weight is 352 g/mol. The van der Waals surface area contributed by atoms with E-state index in [4.69, 9.17) is 4.74 Å². The molecule has 0 spiro atoms. The number of hydrogen-bond acceptors (Lipinski definition) is 3. The summed E-state index contributed by atoms with van der Waals surface area (Å²) >= 11 is 0. The van der Waals surface area contributed by atoms with E-state index in [9.17, 15) is 9.59 Å². The minimum atomic E-state index is 0.0323.